The molecule has 0 radical (unpaired) electrons. The highest BCUT2D eigenvalue weighted by Gasteiger charge is 2.18. The molecular formula is C24H18F2N8O2. The summed E-state index contributed by atoms with van der Waals surface area (Å²) in [6.45, 7) is -0.658. The van der Waals surface area contributed by atoms with E-state index in [9.17, 15) is 14.0 Å². The number of nitrogens with zero attached hydrogens (tertiary/aromatic N) is 8. The third kappa shape index (κ3) is 4.67. The van der Waals surface area contributed by atoms with Gasteiger partial charge >= 0.3 is 6.61 Å². The van der Waals surface area contributed by atoms with E-state index in [1.807, 2.05) is 43.3 Å². The minimum atomic E-state index is -3.05. The minimum Gasteiger partial charge on any atom is -0.489 e. The lowest BCUT2D eigenvalue weighted by atomic mass is 10.0. The van der Waals surface area contributed by atoms with Crippen LogP contribution in [-0.2, 0) is 6.54 Å². The molecule has 0 fully saturated rings. The largest absolute Gasteiger partial charge is 0.489 e. The zero-order chi connectivity index (χ0) is 25.1. The third-order valence-electron chi connectivity index (χ3n) is 5.30. The van der Waals surface area contributed by atoms with Gasteiger partial charge in [0.2, 0.25) is 0 Å². The van der Waals surface area contributed by atoms with Crippen molar-refractivity contribution < 1.29 is 18.3 Å². The summed E-state index contributed by atoms with van der Waals surface area (Å²) in [6, 6.07) is 17.5. The van der Waals surface area contributed by atoms with E-state index in [4.69, 9.17) is 9.84 Å². The quantitative estimate of drug-likeness (QED) is 0.322. The van der Waals surface area contributed by atoms with E-state index in [1.165, 1.54) is 24.7 Å². The average molecular weight is 488 g/mol. The predicted molar refractivity (Wildman–Crippen MR) is 123 cm³/mol. The molecule has 10 nitrogen and oxygen atoms in total. The number of hydrogen-bond acceptors (Lipinski definition) is 8. The molecule has 0 aliphatic heterocycles. The first-order valence-corrected chi connectivity index (χ1v) is 10.8. The standard InChI is InChI=1S/C24H18F2N8O2/c1-15(13-33-14-29-31-32-33)35-17-5-2-4-16(10-17)20-8-9-23-28-12-21(34(23)30-20)18-6-3-7-22(19(18)11-27)36-24(25)26/h2-10,12,14-15,24H,13H2,1H3. The number of alkyl halides is 2. The Balaban J connectivity index is 1.47. The van der Waals surface area contributed by atoms with Crippen molar-refractivity contribution in [1.82, 2.24) is 34.8 Å². The minimum absolute atomic E-state index is 0.0289. The SMILES string of the molecule is CC(Cn1cnnn1)Oc1cccc(-c2ccc3ncc(-c4cccc(OC(F)F)c4C#N)n3n2)c1. The van der Waals surface area contributed by atoms with Gasteiger partial charge in [0.25, 0.3) is 0 Å². The molecule has 1 unspecified atom stereocenters. The van der Waals surface area contributed by atoms with Gasteiger partial charge < -0.3 is 9.47 Å². The van der Waals surface area contributed by atoms with Crippen LogP contribution in [0.3, 0.4) is 0 Å². The number of tetrazole rings is 1. The molecule has 0 aliphatic carbocycles. The molecule has 12 heteroatoms. The van der Waals surface area contributed by atoms with Crippen molar-refractivity contribution in [3.05, 3.63) is 72.7 Å². The second kappa shape index (κ2) is 9.75. The number of fused-ring (bicyclic) bond motifs is 1. The first-order chi connectivity index (χ1) is 17.5. The monoisotopic (exact) mass is 488 g/mol. The van der Waals surface area contributed by atoms with Gasteiger partial charge in [-0.05, 0) is 47.7 Å². The number of ether oxygens (including phenoxy) is 2. The van der Waals surface area contributed by atoms with E-state index in [2.05, 4.69) is 25.2 Å². The molecule has 0 amide bonds. The van der Waals surface area contributed by atoms with Gasteiger partial charge in [-0.3, -0.25) is 0 Å². The van der Waals surface area contributed by atoms with Crippen LogP contribution < -0.4 is 9.47 Å². The molecule has 3 aromatic heterocycles. The fraction of sp³-hybridized carbons (Fsp3) is 0.167. The summed E-state index contributed by atoms with van der Waals surface area (Å²) in [7, 11) is 0. The topological polar surface area (TPSA) is 116 Å². The van der Waals surface area contributed by atoms with Crippen LogP contribution in [0.25, 0.3) is 28.2 Å². The lowest BCUT2D eigenvalue weighted by Gasteiger charge is -2.15. The van der Waals surface area contributed by atoms with Gasteiger partial charge in [-0.1, -0.05) is 24.3 Å². The smallest absolute Gasteiger partial charge is 0.387 e. The Hall–Kier alpha value is -4.92. The molecule has 5 rings (SSSR count). The van der Waals surface area contributed by atoms with Gasteiger partial charge in [0, 0.05) is 11.1 Å². The van der Waals surface area contributed by atoms with Crippen molar-refractivity contribution in [2.24, 2.45) is 0 Å². The van der Waals surface area contributed by atoms with Gasteiger partial charge in [-0.25, -0.2) is 14.2 Å². The highest BCUT2D eigenvalue weighted by atomic mass is 19.3. The predicted octanol–water partition coefficient (Wildman–Crippen LogP) is 3.99. The van der Waals surface area contributed by atoms with Gasteiger partial charge in [0.15, 0.2) is 5.65 Å². The van der Waals surface area contributed by atoms with Gasteiger partial charge in [-0.15, -0.1) is 5.10 Å². The maximum atomic E-state index is 12.8. The molecule has 2 aromatic carbocycles. The Morgan fingerprint density at radius 2 is 1.94 bits per heavy atom. The summed E-state index contributed by atoms with van der Waals surface area (Å²) in [5.41, 5.74) is 2.75. The molecule has 0 saturated carbocycles. The summed E-state index contributed by atoms with van der Waals surface area (Å²) in [5.74, 6) is 0.432. The number of hydrogen-bond donors (Lipinski definition) is 0. The Morgan fingerprint density at radius 1 is 1.08 bits per heavy atom. The molecule has 36 heavy (non-hydrogen) atoms. The Labute approximate surface area is 203 Å². The van der Waals surface area contributed by atoms with Gasteiger partial charge in [-0.2, -0.15) is 19.1 Å². The molecular weight excluding hydrogens is 470 g/mol. The third-order valence-corrected chi connectivity index (χ3v) is 5.30. The lowest BCUT2D eigenvalue weighted by molar-refractivity contribution is -0.0500. The summed E-state index contributed by atoms with van der Waals surface area (Å²) in [5, 5.41) is 25.4. The molecule has 0 bridgehead atoms. The summed E-state index contributed by atoms with van der Waals surface area (Å²) in [6.07, 6.45) is 2.87. The first kappa shape index (κ1) is 22.9. The molecule has 180 valence electrons. The van der Waals surface area contributed by atoms with Crippen LogP contribution in [0.1, 0.15) is 12.5 Å². The zero-order valence-electron chi connectivity index (χ0n) is 18.9. The Bertz CT molecular complexity index is 1550. The van der Waals surface area contributed by atoms with Crippen LogP contribution in [0, 0.1) is 11.3 Å². The number of aromatic nitrogens is 7. The summed E-state index contributed by atoms with van der Waals surface area (Å²) < 4.78 is 39.3. The average Bonchev–Trinajstić information content (AvgIpc) is 3.53. The van der Waals surface area contributed by atoms with Gasteiger partial charge in [0.05, 0.1) is 24.1 Å². The van der Waals surface area contributed by atoms with Crippen molar-refractivity contribution in [2.45, 2.75) is 26.2 Å². The molecule has 0 N–H and O–H groups in total. The number of rotatable bonds is 8. The van der Waals surface area contributed by atoms with Crippen molar-refractivity contribution >= 4 is 5.65 Å². The number of halogens is 2. The summed E-state index contributed by atoms with van der Waals surface area (Å²) in [4.78, 5) is 4.35. The molecule has 3 heterocycles. The number of nitriles is 1. The van der Waals surface area contributed by atoms with E-state index in [1.54, 1.807) is 21.3 Å². The molecule has 0 spiro atoms. The van der Waals surface area contributed by atoms with E-state index < -0.39 is 6.61 Å². The van der Waals surface area contributed by atoms with Crippen LogP contribution in [-0.4, -0.2) is 47.5 Å². The van der Waals surface area contributed by atoms with E-state index in [0.29, 0.717) is 34.9 Å². The zero-order valence-corrected chi connectivity index (χ0v) is 18.9. The fourth-order valence-electron chi connectivity index (χ4n) is 3.79. The number of imidazole rings is 1. The first-order valence-electron chi connectivity index (χ1n) is 10.8. The highest BCUT2D eigenvalue weighted by molar-refractivity contribution is 5.73. The van der Waals surface area contributed by atoms with Crippen molar-refractivity contribution in [3.8, 4) is 40.1 Å². The highest BCUT2D eigenvalue weighted by Crippen LogP contribution is 2.32. The van der Waals surface area contributed by atoms with E-state index in [0.717, 1.165) is 5.56 Å². The molecule has 1 atom stereocenters. The maximum Gasteiger partial charge on any atom is 0.387 e. The second-order valence-electron chi connectivity index (χ2n) is 7.79. The molecule has 5 aromatic rings. The van der Waals surface area contributed by atoms with Crippen LogP contribution in [0.2, 0.25) is 0 Å². The Kier molecular flexibility index (Phi) is 6.19. The second-order valence-corrected chi connectivity index (χ2v) is 7.79. The van der Waals surface area contributed by atoms with E-state index in [-0.39, 0.29) is 17.4 Å². The lowest BCUT2D eigenvalue weighted by Crippen LogP contribution is -2.20. The molecule has 0 aliphatic rings. The normalized spacial score (nSPS) is 12.0. The fourth-order valence-corrected chi connectivity index (χ4v) is 3.79. The van der Waals surface area contributed by atoms with Crippen LogP contribution in [0.5, 0.6) is 11.5 Å². The van der Waals surface area contributed by atoms with Crippen LogP contribution in [0.4, 0.5) is 8.78 Å². The van der Waals surface area contributed by atoms with Crippen molar-refractivity contribution in [1.29, 1.82) is 5.26 Å². The van der Waals surface area contributed by atoms with E-state index >= 15 is 0 Å². The van der Waals surface area contributed by atoms with Crippen LogP contribution >= 0.6 is 0 Å². The van der Waals surface area contributed by atoms with Crippen molar-refractivity contribution in [2.75, 3.05) is 0 Å². The molecule has 0 saturated heterocycles. The Morgan fingerprint density at radius 3 is 2.72 bits per heavy atom. The van der Waals surface area contributed by atoms with Gasteiger partial charge in [0.1, 0.15) is 35.6 Å². The number of benzene rings is 2. The van der Waals surface area contributed by atoms with Crippen LogP contribution in [0.15, 0.2) is 67.1 Å². The summed E-state index contributed by atoms with van der Waals surface area (Å²) >= 11 is 0. The maximum absolute atomic E-state index is 12.8. The van der Waals surface area contributed by atoms with Crippen molar-refractivity contribution in [3.63, 3.8) is 0 Å².